The molecule has 0 aromatic rings. The molecule has 2 N–H and O–H groups in total. The zero-order valence-corrected chi connectivity index (χ0v) is 19.2. The minimum atomic E-state index is -0.833. The van der Waals surface area contributed by atoms with E-state index in [1.807, 2.05) is 0 Å². The van der Waals surface area contributed by atoms with Gasteiger partial charge in [0.1, 0.15) is 0 Å². The van der Waals surface area contributed by atoms with Gasteiger partial charge in [-0.2, -0.15) is 0 Å². The highest BCUT2D eigenvalue weighted by Crippen LogP contribution is 2.12. The normalized spacial score (nSPS) is 10.5. The number of carboxylic acid groups (broad SMARTS) is 1. The van der Waals surface area contributed by atoms with E-state index in [1.54, 1.807) is 0 Å². The lowest BCUT2D eigenvalue weighted by Gasteiger charge is -2.09. The largest absolute Gasteiger partial charge is 0.481 e. The van der Waals surface area contributed by atoms with Crippen LogP contribution in [0.15, 0.2) is 0 Å². The van der Waals surface area contributed by atoms with E-state index in [9.17, 15) is 4.79 Å². The smallest absolute Gasteiger partial charge is 0.300 e. The maximum Gasteiger partial charge on any atom is 0.300 e. The van der Waals surface area contributed by atoms with Gasteiger partial charge in [0, 0.05) is 19.9 Å². The standard InChI is InChI=1S/C21H44N2O.C2H4O2/c1-4-5-6-7-8-9-10-11-12-13-14-15-16-18-21(24)22-19-17-20-23(2)3;1-2(3)4/h4-20H2,1-3H3,(H,22,24);1H3,(H,3,4). The lowest BCUT2D eigenvalue weighted by Crippen LogP contribution is -2.26. The zero-order chi connectivity index (χ0) is 21.5. The van der Waals surface area contributed by atoms with Crippen LogP contribution in [-0.4, -0.2) is 49.1 Å². The van der Waals surface area contributed by atoms with Crippen molar-refractivity contribution in [3.05, 3.63) is 0 Å². The van der Waals surface area contributed by atoms with Gasteiger partial charge in [0.05, 0.1) is 0 Å². The molecular formula is C23H48N2O3. The second-order valence-electron chi connectivity index (χ2n) is 8.02. The third kappa shape index (κ3) is 32.6. The van der Waals surface area contributed by atoms with E-state index in [2.05, 4.69) is 31.2 Å². The molecule has 168 valence electrons. The van der Waals surface area contributed by atoms with E-state index in [-0.39, 0.29) is 5.91 Å². The Morgan fingerprint density at radius 1 is 0.750 bits per heavy atom. The van der Waals surface area contributed by atoms with E-state index >= 15 is 0 Å². The maximum absolute atomic E-state index is 11.7. The van der Waals surface area contributed by atoms with Crippen molar-refractivity contribution in [1.29, 1.82) is 0 Å². The quantitative estimate of drug-likeness (QED) is 0.293. The van der Waals surface area contributed by atoms with Gasteiger partial charge in [0.25, 0.3) is 5.97 Å². The first-order chi connectivity index (χ1) is 13.4. The van der Waals surface area contributed by atoms with E-state index in [0.29, 0.717) is 6.42 Å². The molecule has 0 unspecified atom stereocenters. The number of carbonyl (C=O) groups excluding carboxylic acids is 1. The first kappa shape index (κ1) is 29.1. The molecule has 0 fully saturated rings. The number of amides is 1. The number of carboxylic acids is 1. The van der Waals surface area contributed by atoms with Crippen molar-refractivity contribution in [2.45, 2.75) is 110 Å². The molecule has 1 amide bonds. The second-order valence-corrected chi connectivity index (χ2v) is 8.02. The van der Waals surface area contributed by atoms with Crippen molar-refractivity contribution in [3.8, 4) is 0 Å². The fourth-order valence-electron chi connectivity index (χ4n) is 3.01. The molecule has 5 nitrogen and oxygen atoms in total. The van der Waals surface area contributed by atoms with Crippen molar-refractivity contribution in [3.63, 3.8) is 0 Å². The van der Waals surface area contributed by atoms with Crippen molar-refractivity contribution >= 4 is 11.9 Å². The number of rotatable bonds is 18. The molecule has 5 heteroatoms. The van der Waals surface area contributed by atoms with Crippen LogP contribution in [-0.2, 0) is 9.59 Å². The molecule has 0 aliphatic rings. The van der Waals surface area contributed by atoms with Crippen LogP contribution in [0.2, 0.25) is 0 Å². The topological polar surface area (TPSA) is 69.6 Å². The number of nitrogens with zero attached hydrogens (tertiary/aromatic N) is 1. The summed E-state index contributed by atoms with van der Waals surface area (Å²) < 4.78 is 0. The molecule has 0 radical (unpaired) electrons. The predicted octanol–water partition coefficient (Wildman–Crippen LogP) is 5.63. The molecule has 0 atom stereocenters. The molecule has 0 heterocycles. The molecule has 0 saturated heterocycles. The molecule has 0 aliphatic carbocycles. The van der Waals surface area contributed by atoms with Crippen molar-refractivity contribution < 1.29 is 14.7 Å². The monoisotopic (exact) mass is 400 g/mol. The zero-order valence-electron chi connectivity index (χ0n) is 19.2. The third-order valence-electron chi connectivity index (χ3n) is 4.61. The van der Waals surface area contributed by atoms with Gasteiger partial charge in [-0.15, -0.1) is 0 Å². The SMILES string of the molecule is CC(=O)O.CCCCCCCCCCCCCCCC(=O)NCCCN(C)C. The number of unbranched alkanes of at least 4 members (excludes halogenated alkanes) is 12. The van der Waals surface area contributed by atoms with Gasteiger partial charge in [-0.05, 0) is 33.5 Å². The molecule has 0 aromatic heterocycles. The van der Waals surface area contributed by atoms with E-state index in [0.717, 1.165) is 32.9 Å². The van der Waals surface area contributed by atoms with Crippen LogP contribution >= 0.6 is 0 Å². The molecule has 0 rings (SSSR count). The Hall–Kier alpha value is -1.10. The van der Waals surface area contributed by atoms with Crippen LogP contribution in [0.5, 0.6) is 0 Å². The fraction of sp³-hybridized carbons (Fsp3) is 0.913. The van der Waals surface area contributed by atoms with Gasteiger partial charge in [0.2, 0.25) is 5.91 Å². The summed E-state index contributed by atoms with van der Waals surface area (Å²) in [5, 5.41) is 10.4. The van der Waals surface area contributed by atoms with Gasteiger partial charge in [-0.25, -0.2) is 0 Å². The molecule has 0 spiro atoms. The predicted molar refractivity (Wildman–Crippen MR) is 120 cm³/mol. The number of carbonyl (C=O) groups is 2. The van der Waals surface area contributed by atoms with Crippen molar-refractivity contribution in [1.82, 2.24) is 10.2 Å². The minimum absolute atomic E-state index is 0.233. The van der Waals surface area contributed by atoms with E-state index in [4.69, 9.17) is 9.90 Å². The van der Waals surface area contributed by atoms with Gasteiger partial charge in [0.15, 0.2) is 0 Å². The molecule has 28 heavy (non-hydrogen) atoms. The summed E-state index contributed by atoms with van der Waals surface area (Å²) in [6.45, 7) is 5.22. The Labute approximate surface area is 174 Å². The van der Waals surface area contributed by atoms with Crippen LogP contribution < -0.4 is 5.32 Å². The molecule has 0 aromatic carbocycles. The van der Waals surface area contributed by atoms with Crippen molar-refractivity contribution in [2.24, 2.45) is 0 Å². The average Bonchev–Trinajstić information content (AvgIpc) is 2.62. The lowest BCUT2D eigenvalue weighted by molar-refractivity contribution is -0.134. The Bertz CT molecular complexity index is 343. The third-order valence-corrected chi connectivity index (χ3v) is 4.61. The van der Waals surface area contributed by atoms with Gasteiger partial charge in [-0.3, -0.25) is 9.59 Å². The highest BCUT2D eigenvalue weighted by Gasteiger charge is 2.00. The Kier molecular flexibility index (Phi) is 24.9. The first-order valence-electron chi connectivity index (χ1n) is 11.5. The summed E-state index contributed by atoms with van der Waals surface area (Å²) in [6.07, 6.45) is 19.3. The summed E-state index contributed by atoms with van der Waals surface area (Å²) in [7, 11) is 4.13. The highest BCUT2D eigenvalue weighted by atomic mass is 16.4. The van der Waals surface area contributed by atoms with Crippen LogP contribution in [0, 0.1) is 0 Å². The molecule has 0 aliphatic heterocycles. The average molecular weight is 401 g/mol. The first-order valence-corrected chi connectivity index (χ1v) is 11.5. The summed E-state index contributed by atoms with van der Waals surface area (Å²) in [4.78, 5) is 22.8. The lowest BCUT2D eigenvalue weighted by atomic mass is 10.0. The summed E-state index contributed by atoms with van der Waals surface area (Å²) in [5.41, 5.74) is 0. The summed E-state index contributed by atoms with van der Waals surface area (Å²) >= 11 is 0. The fourth-order valence-corrected chi connectivity index (χ4v) is 3.01. The van der Waals surface area contributed by atoms with Crippen LogP contribution in [0.4, 0.5) is 0 Å². The van der Waals surface area contributed by atoms with Crippen molar-refractivity contribution in [2.75, 3.05) is 27.2 Å². The minimum Gasteiger partial charge on any atom is -0.481 e. The Morgan fingerprint density at radius 3 is 1.54 bits per heavy atom. The number of nitrogens with one attached hydrogen (secondary N) is 1. The number of aliphatic carboxylic acids is 1. The van der Waals surface area contributed by atoms with Crippen LogP contribution in [0.1, 0.15) is 110 Å². The maximum atomic E-state index is 11.7. The van der Waals surface area contributed by atoms with Gasteiger partial charge >= 0.3 is 0 Å². The van der Waals surface area contributed by atoms with Gasteiger partial charge in [-0.1, -0.05) is 84.0 Å². The molecule has 0 saturated carbocycles. The Balaban J connectivity index is 0. The number of hydrogen-bond acceptors (Lipinski definition) is 3. The molecular weight excluding hydrogens is 352 g/mol. The van der Waals surface area contributed by atoms with Gasteiger partial charge < -0.3 is 15.3 Å². The van der Waals surface area contributed by atoms with Crippen LogP contribution in [0.3, 0.4) is 0 Å². The number of hydrogen-bond donors (Lipinski definition) is 2. The summed E-state index contributed by atoms with van der Waals surface area (Å²) in [5.74, 6) is -0.600. The summed E-state index contributed by atoms with van der Waals surface area (Å²) in [6, 6.07) is 0. The van der Waals surface area contributed by atoms with E-state index < -0.39 is 5.97 Å². The van der Waals surface area contributed by atoms with Crippen LogP contribution in [0.25, 0.3) is 0 Å². The molecule has 0 bridgehead atoms. The Morgan fingerprint density at radius 2 is 1.14 bits per heavy atom. The second kappa shape index (κ2) is 23.9. The highest BCUT2D eigenvalue weighted by molar-refractivity contribution is 5.75. The van der Waals surface area contributed by atoms with E-state index in [1.165, 1.54) is 77.0 Å².